The molecule has 0 aliphatic carbocycles. The van der Waals surface area contributed by atoms with Gasteiger partial charge in [0.1, 0.15) is 5.01 Å². The largest absolute Gasteiger partial charge is 0.481 e. The van der Waals surface area contributed by atoms with Crippen LogP contribution in [0, 0.1) is 12.8 Å². The average molecular weight is 352 g/mol. The van der Waals surface area contributed by atoms with Gasteiger partial charge in [0.05, 0.1) is 16.1 Å². The van der Waals surface area contributed by atoms with Gasteiger partial charge in [-0.2, -0.15) is 0 Å². The van der Waals surface area contributed by atoms with E-state index in [1.165, 1.54) is 5.56 Å². The number of carbonyl (C=O) groups is 2. The molecule has 1 amide bonds. The number of benzene rings is 2. The number of anilines is 1. The molecule has 2 aromatic carbocycles. The van der Waals surface area contributed by atoms with Crippen LogP contribution in [0.25, 0.3) is 20.8 Å². The van der Waals surface area contributed by atoms with Crippen LogP contribution in [0.15, 0.2) is 42.5 Å². The summed E-state index contributed by atoms with van der Waals surface area (Å²) in [5.74, 6) is -1.69. The SMILES string of the molecule is Cc1ccc2nc(-c3ccc(N4CC(C(=O)O)CC4=O)cc3)sc2c1. The fourth-order valence-electron chi connectivity index (χ4n) is 3.06. The van der Waals surface area contributed by atoms with Crippen molar-refractivity contribution in [3.05, 3.63) is 48.0 Å². The first-order valence-electron chi connectivity index (χ1n) is 8.02. The summed E-state index contributed by atoms with van der Waals surface area (Å²) in [5, 5.41) is 10.0. The lowest BCUT2D eigenvalue weighted by Gasteiger charge is -2.16. The quantitative estimate of drug-likeness (QED) is 0.780. The highest BCUT2D eigenvalue weighted by molar-refractivity contribution is 7.21. The van der Waals surface area contributed by atoms with Crippen LogP contribution in [0.4, 0.5) is 5.69 Å². The lowest BCUT2D eigenvalue weighted by atomic mass is 10.1. The Bertz CT molecular complexity index is 978. The molecule has 0 saturated carbocycles. The lowest BCUT2D eigenvalue weighted by Crippen LogP contribution is -2.25. The Kier molecular flexibility index (Phi) is 3.77. The van der Waals surface area contributed by atoms with Gasteiger partial charge in [0, 0.05) is 24.2 Å². The molecule has 25 heavy (non-hydrogen) atoms. The van der Waals surface area contributed by atoms with Crippen molar-refractivity contribution in [1.29, 1.82) is 0 Å². The maximum Gasteiger partial charge on any atom is 0.308 e. The van der Waals surface area contributed by atoms with E-state index in [-0.39, 0.29) is 18.9 Å². The van der Waals surface area contributed by atoms with Gasteiger partial charge in [-0.05, 0) is 48.9 Å². The molecule has 1 fully saturated rings. The van der Waals surface area contributed by atoms with Crippen molar-refractivity contribution < 1.29 is 14.7 Å². The molecule has 3 aromatic rings. The van der Waals surface area contributed by atoms with E-state index in [1.54, 1.807) is 16.2 Å². The van der Waals surface area contributed by atoms with E-state index in [2.05, 4.69) is 18.0 Å². The molecular weight excluding hydrogens is 336 g/mol. The summed E-state index contributed by atoms with van der Waals surface area (Å²) in [6.45, 7) is 2.29. The zero-order chi connectivity index (χ0) is 17.6. The molecular formula is C19H16N2O3S. The average Bonchev–Trinajstić information content (AvgIpc) is 3.18. The maximum atomic E-state index is 12.0. The minimum atomic E-state index is -0.919. The van der Waals surface area contributed by atoms with Gasteiger partial charge in [0.2, 0.25) is 5.91 Å². The van der Waals surface area contributed by atoms with E-state index >= 15 is 0 Å². The maximum absolute atomic E-state index is 12.0. The van der Waals surface area contributed by atoms with Crippen molar-refractivity contribution in [2.24, 2.45) is 5.92 Å². The summed E-state index contributed by atoms with van der Waals surface area (Å²) in [6, 6.07) is 13.8. The molecule has 2 heterocycles. The van der Waals surface area contributed by atoms with Gasteiger partial charge < -0.3 is 10.0 Å². The zero-order valence-electron chi connectivity index (χ0n) is 13.6. The van der Waals surface area contributed by atoms with Gasteiger partial charge >= 0.3 is 5.97 Å². The van der Waals surface area contributed by atoms with Crippen molar-refractivity contribution in [2.75, 3.05) is 11.4 Å². The van der Waals surface area contributed by atoms with Crippen molar-refractivity contribution in [2.45, 2.75) is 13.3 Å². The highest BCUT2D eigenvalue weighted by Crippen LogP contribution is 2.32. The third kappa shape index (κ3) is 2.89. The van der Waals surface area contributed by atoms with Crippen LogP contribution in [0.3, 0.4) is 0 Å². The molecule has 1 atom stereocenters. The minimum Gasteiger partial charge on any atom is -0.481 e. The molecule has 1 unspecified atom stereocenters. The fourth-order valence-corrected chi connectivity index (χ4v) is 4.13. The van der Waals surface area contributed by atoms with Crippen molar-refractivity contribution in [1.82, 2.24) is 4.98 Å². The predicted molar refractivity (Wildman–Crippen MR) is 97.9 cm³/mol. The van der Waals surface area contributed by atoms with Gasteiger partial charge in [-0.1, -0.05) is 6.07 Å². The number of aromatic nitrogens is 1. The summed E-state index contributed by atoms with van der Waals surface area (Å²) in [5.41, 5.74) is 3.91. The van der Waals surface area contributed by atoms with Crippen LogP contribution in [0.5, 0.6) is 0 Å². The molecule has 1 aliphatic rings. The van der Waals surface area contributed by atoms with Gasteiger partial charge in [0.25, 0.3) is 0 Å². The number of nitrogens with zero attached hydrogens (tertiary/aromatic N) is 2. The first-order chi connectivity index (χ1) is 12.0. The topological polar surface area (TPSA) is 70.5 Å². The van der Waals surface area contributed by atoms with Crippen LogP contribution in [0.1, 0.15) is 12.0 Å². The number of fused-ring (bicyclic) bond motifs is 1. The van der Waals surface area contributed by atoms with E-state index < -0.39 is 11.9 Å². The Morgan fingerprint density at radius 2 is 2.00 bits per heavy atom. The lowest BCUT2D eigenvalue weighted by molar-refractivity contribution is -0.141. The van der Waals surface area contributed by atoms with Crippen LogP contribution in [0.2, 0.25) is 0 Å². The summed E-state index contributed by atoms with van der Waals surface area (Å²) >= 11 is 1.64. The Labute approximate surface area is 148 Å². The number of hydrogen-bond donors (Lipinski definition) is 1. The Balaban J connectivity index is 1.61. The van der Waals surface area contributed by atoms with Crippen LogP contribution in [-0.4, -0.2) is 28.5 Å². The predicted octanol–water partition coefficient (Wildman–Crippen LogP) is 3.71. The molecule has 0 bridgehead atoms. The molecule has 1 aromatic heterocycles. The van der Waals surface area contributed by atoms with E-state index in [4.69, 9.17) is 5.11 Å². The minimum absolute atomic E-state index is 0.0638. The van der Waals surface area contributed by atoms with Crippen LogP contribution in [-0.2, 0) is 9.59 Å². The number of carboxylic acid groups (broad SMARTS) is 1. The Hall–Kier alpha value is -2.73. The van der Waals surface area contributed by atoms with Gasteiger partial charge in [-0.3, -0.25) is 9.59 Å². The molecule has 126 valence electrons. The smallest absolute Gasteiger partial charge is 0.308 e. The first kappa shape index (κ1) is 15.8. The zero-order valence-corrected chi connectivity index (χ0v) is 14.4. The number of amides is 1. The number of carbonyl (C=O) groups excluding carboxylic acids is 1. The fraction of sp³-hybridized carbons (Fsp3) is 0.211. The van der Waals surface area contributed by atoms with Gasteiger partial charge in [-0.25, -0.2) is 4.98 Å². The Morgan fingerprint density at radius 1 is 1.24 bits per heavy atom. The number of carboxylic acids is 1. The second kappa shape index (κ2) is 5.97. The van der Waals surface area contributed by atoms with Crippen molar-refractivity contribution in [3.8, 4) is 10.6 Å². The summed E-state index contributed by atoms with van der Waals surface area (Å²) < 4.78 is 1.15. The molecule has 4 rings (SSSR count). The van der Waals surface area contributed by atoms with E-state index in [0.29, 0.717) is 0 Å². The highest BCUT2D eigenvalue weighted by atomic mass is 32.1. The van der Waals surface area contributed by atoms with Gasteiger partial charge in [0.15, 0.2) is 0 Å². The van der Waals surface area contributed by atoms with Crippen molar-refractivity contribution in [3.63, 3.8) is 0 Å². The van der Waals surface area contributed by atoms with Crippen molar-refractivity contribution >= 4 is 39.1 Å². The summed E-state index contributed by atoms with van der Waals surface area (Å²) in [7, 11) is 0. The number of rotatable bonds is 3. The standard InChI is InChI=1S/C19H16N2O3S/c1-11-2-7-15-16(8-11)25-18(20-15)12-3-5-14(6-4-12)21-10-13(19(23)24)9-17(21)22/h2-8,13H,9-10H2,1H3,(H,23,24). The molecule has 5 nitrogen and oxygen atoms in total. The summed E-state index contributed by atoms with van der Waals surface area (Å²) in [4.78, 5) is 29.3. The van der Waals surface area contributed by atoms with E-state index in [9.17, 15) is 9.59 Å². The molecule has 1 aliphatic heterocycles. The Morgan fingerprint density at radius 3 is 2.68 bits per heavy atom. The second-order valence-electron chi connectivity index (χ2n) is 6.28. The number of aryl methyl sites for hydroxylation is 1. The molecule has 6 heteroatoms. The van der Waals surface area contributed by atoms with Gasteiger partial charge in [-0.15, -0.1) is 11.3 Å². The third-order valence-corrected chi connectivity index (χ3v) is 5.51. The number of hydrogen-bond acceptors (Lipinski definition) is 4. The number of aliphatic carboxylic acids is 1. The summed E-state index contributed by atoms with van der Waals surface area (Å²) in [6.07, 6.45) is 0.0638. The van der Waals surface area contributed by atoms with E-state index in [1.807, 2.05) is 36.4 Å². The molecule has 1 N–H and O–H groups in total. The highest BCUT2D eigenvalue weighted by Gasteiger charge is 2.34. The first-order valence-corrected chi connectivity index (χ1v) is 8.84. The van der Waals surface area contributed by atoms with Crippen LogP contribution < -0.4 is 4.90 Å². The van der Waals surface area contributed by atoms with E-state index in [0.717, 1.165) is 26.5 Å². The van der Waals surface area contributed by atoms with Crippen LogP contribution >= 0.6 is 11.3 Å². The molecule has 0 radical (unpaired) electrons. The second-order valence-corrected chi connectivity index (χ2v) is 7.31. The molecule has 0 spiro atoms. The third-order valence-electron chi connectivity index (χ3n) is 4.44. The normalized spacial score (nSPS) is 17.4. The monoisotopic (exact) mass is 352 g/mol. The molecule has 1 saturated heterocycles. The number of thiazole rings is 1.